The van der Waals surface area contributed by atoms with Gasteiger partial charge in [0.25, 0.3) is 11.8 Å². The van der Waals surface area contributed by atoms with Crippen molar-refractivity contribution in [3.8, 4) is 5.75 Å². The first-order valence-electron chi connectivity index (χ1n) is 10.9. The third-order valence-electron chi connectivity index (χ3n) is 5.78. The quantitative estimate of drug-likeness (QED) is 0.517. The number of carbonyl (C=O) groups excluding carboxylic acids is 2. The van der Waals surface area contributed by atoms with E-state index in [1.54, 1.807) is 43.5 Å². The SMILES string of the molecule is COc1ccc(C2=C(Nc3ccc(C(C)(C)C)cc3)C(=O)N(c3ccc(C)cc3)C2=O)cc1. The zero-order valence-electron chi connectivity index (χ0n) is 19.6. The summed E-state index contributed by atoms with van der Waals surface area (Å²) in [7, 11) is 1.59. The van der Waals surface area contributed by atoms with Gasteiger partial charge >= 0.3 is 0 Å². The largest absolute Gasteiger partial charge is 0.497 e. The number of ether oxygens (including phenoxy) is 1. The highest BCUT2D eigenvalue weighted by Gasteiger charge is 2.40. The van der Waals surface area contributed by atoms with Crippen LogP contribution in [0.3, 0.4) is 0 Å². The van der Waals surface area contributed by atoms with Crippen molar-refractivity contribution in [1.82, 2.24) is 0 Å². The van der Waals surface area contributed by atoms with Crippen LogP contribution in [0.15, 0.2) is 78.5 Å². The first-order valence-corrected chi connectivity index (χ1v) is 10.9. The van der Waals surface area contributed by atoms with Gasteiger partial charge in [0.1, 0.15) is 11.4 Å². The van der Waals surface area contributed by atoms with Crippen molar-refractivity contribution in [3.05, 3.63) is 95.2 Å². The van der Waals surface area contributed by atoms with Gasteiger partial charge in [-0.3, -0.25) is 9.59 Å². The molecular weight excluding hydrogens is 412 g/mol. The molecule has 2 amide bonds. The Morgan fingerprint density at radius 2 is 1.39 bits per heavy atom. The highest BCUT2D eigenvalue weighted by molar-refractivity contribution is 6.46. The van der Waals surface area contributed by atoms with Crippen molar-refractivity contribution in [2.45, 2.75) is 33.1 Å². The van der Waals surface area contributed by atoms with Gasteiger partial charge in [-0.15, -0.1) is 0 Å². The van der Waals surface area contributed by atoms with Gasteiger partial charge in [0.15, 0.2) is 0 Å². The van der Waals surface area contributed by atoms with E-state index in [0.29, 0.717) is 22.6 Å². The molecule has 3 aromatic carbocycles. The number of nitrogens with one attached hydrogen (secondary N) is 1. The van der Waals surface area contributed by atoms with E-state index in [9.17, 15) is 9.59 Å². The predicted octanol–water partition coefficient (Wildman–Crippen LogP) is 5.70. The smallest absolute Gasteiger partial charge is 0.282 e. The molecule has 0 radical (unpaired) electrons. The number of benzene rings is 3. The van der Waals surface area contributed by atoms with Crippen molar-refractivity contribution in [1.29, 1.82) is 0 Å². The number of aryl methyl sites for hydroxylation is 1. The molecule has 1 N–H and O–H groups in total. The number of amides is 2. The second-order valence-corrected chi connectivity index (χ2v) is 9.21. The maximum absolute atomic E-state index is 13.5. The van der Waals surface area contributed by atoms with Crippen LogP contribution in [-0.2, 0) is 15.0 Å². The summed E-state index contributed by atoms with van der Waals surface area (Å²) >= 11 is 0. The molecule has 0 fully saturated rings. The van der Waals surface area contributed by atoms with Gasteiger partial charge in [-0.05, 0) is 59.9 Å². The number of anilines is 2. The second kappa shape index (κ2) is 8.58. The molecule has 4 rings (SSSR count). The normalized spacial score (nSPS) is 14.2. The summed E-state index contributed by atoms with van der Waals surface area (Å²) < 4.78 is 5.25. The van der Waals surface area contributed by atoms with Gasteiger partial charge in [-0.2, -0.15) is 0 Å². The van der Waals surface area contributed by atoms with Crippen LogP contribution >= 0.6 is 0 Å². The molecule has 1 heterocycles. The summed E-state index contributed by atoms with van der Waals surface area (Å²) in [6.45, 7) is 8.42. The van der Waals surface area contributed by atoms with Crippen LogP contribution in [0.2, 0.25) is 0 Å². The molecule has 3 aromatic rings. The van der Waals surface area contributed by atoms with Crippen molar-refractivity contribution in [3.63, 3.8) is 0 Å². The summed E-state index contributed by atoms with van der Waals surface area (Å²) in [6.07, 6.45) is 0. The summed E-state index contributed by atoms with van der Waals surface area (Å²) in [4.78, 5) is 28.2. The summed E-state index contributed by atoms with van der Waals surface area (Å²) in [5.74, 6) is -0.0591. The van der Waals surface area contributed by atoms with E-state index >= 15 is 0 Å². The Balaban J connectivity index is 1.76. The maximum atomic E-state index is 13.5. The summed E-state index contributed by atoms with van der Waals surface area (Å²) in [5, 5.41) is 3.22. The average Bonchev–Trinajstić information content (AvgIpc) is 3.03. The predicted molar refractivity (Wildman–Crippen MR) is 132 cm³/mol. The highest BCUT2D eigenvalue weighted by atomic mass is 16.5. The number of nitrogens with zero attached hydrogens (tertiary/aromatic N) is 1. The van der Waals surface area contributed by atoms with E-state index in [1.807, 2.05) is 43.3 Å². The Labute approximate surface area is 194 Å². The van der Waals surface area contributed by atoms with Crippen molar-refractivity contribution < 1.29 is 14.3 Å². The molecule has 33 heavy (non-hydrogen) atoms. The Bertz CT molecular complexity index is 1220. The zero-order chi connectivity index (χ0) is 23.8. The second-order valence-electron chi connectivity index (χ2n) is 9.21. The monoisotopic (exact) mass is 440 g/mol. The minimum absolute atomic E-state index is 0.0213. The fourth-order valence-electron chi connectivity index (χ4n) is 3.80. The molecule has 168 valence electrons. The minimum atomic E-state index is -0.380. The standard InChI is InChI=1S/C28H28N2O3/c1-18-6-14-22(15-7-18)30-26(31)24(19-8-16-23(33-5)17-9-19)25(27(30)32)29-21-12-10-20(11-13-21)28(2,3)4/h6-17,29H,1-5H3. The molecule has 0 aliphatic carbocycles. The maximum Gasteiger partial charge on any atom is 0.282 e. The van der Waals surface area contributed by atoms with Crippen molar-refractivity contribution >= 4 is 28.8 Å². The topological polar surface area (TPSA) is 58.6 Å². The summed E-state index contributed by atoms with van der Waals surface area (Å²) in [5.41, 5.74) is 4.80. The van der Waals surface area contributed by atoms with Gasteiger partial charge in [-0.25, -0.2) is 4.90 Å². The van der Waals surface area contributed by atoms with Crippen LogP contribution in [0, 0.1) is 6.92 Å². The van der Waals surface area contributed by atoms with Crippen LogP contribution in [0.5, 0.6) is 5.75 Å². The molecular formula is C28H28N2O3. The van der Waals surface area contributed by atoms with E-state index in [4.69, 9.17) is 4.74 Å². The van der Waals surface area contributed by atoms with Gasteiger partial charge in [-0.1, -0.05) is 62.7 Å². The molecule has 5 heteroatoms. The number of carbonyl (C=O) groups is 2. The van der Waals surface area contributed by atoms with Crippen LogP contribution in [-0.4, -0.2) is 18.9 Å². The molecule has 0 saturated carbocycles. The average molecular weight is 441 g/mol. The van der Waals surface area contributed by atoms with E-state index < -0.39 is 0 Å². The Hall–Kier alpha value is -3.86. The number of methoxy groups -OCH3 is 1. The first kappa shape index (κ1) is 22.3. The lowest BCUT2D eigenvalue weighted by Crippen LogP contribution is -2.32. The van der Waals surface area contributed by atoms with E-state index in [0.717, 1.165) is 11.3 Å². The number of rotatable bonds is 5. The molecule has 0 aromatic heterocycles. The first-order chi connectivity index (χ1) is 15.7. The van der Waals surface area contributed by atoms with Crippen LogP contribution in [0.1, 0.15) is 37.5 Å². The summed E-state index contributed by atoms with van der Waals surface area (Å²) in [6, 6.07) is 22.5. The molecule has 0 unspecified atom stereocenters. The minimum Gasteiger partial charge on any atom is -0.497 e. The zero-order valence-corrected chi connectivity index (χ0v) is 19.6. The highest BCUT2D eigenvalue weighted by Crippen LogP contribution is 2.35. The number of hydrogen-bond donors (Lipinski definition) is 1. The van der Waals surface area contributed by atoms with E-state index in [2.05, 4.69) is 26.1 Å². The molecule has 0 bridgehead atoms. The Morgan fingerprint density at radius 3 is 1.94 bits per heavy atom. The Morgan fingerprint density at radius 1 is 0.788 bits per heavy atom. The third kappa shape index (κ3) is 4.40. The van der Waals surface area contributed by atoms with Crippen molar-refractivity contribution in [2.24, 2.45) is 0 Å². The van der Waals surface area contributed by atoms with Crippen LogP contribution in [0.4, 0.5) is 11.4 Å². The molecule has 1 aliphatic heterocycles. The number of hydrogen-bond acceptors (Lipinski definition) is 4. The van der Waals surface area contributed by atoms with Gasteiger partial charge in [0, 0.05) is 5.69 Å². The molecule has 0 spiro atoms. The molecule has 1 aliphatic rings. The lowest BCUT2D eigenvalue weighted by atomic mass is 9.87. The van der Waals surface area contributed by atoms with Crippen molar-refractivity contribution in [2.75, 3.05) is 17.3 Å². The van der Waals surface area contributed by atoms with E-state index in [1.165, 1.54) is 10.5 Å². The van der Waals surface area contributed by atoms with Gasteiger partial charge < -0.3 is 10.1 Å². The van der Waals surface area contributed by atoms with Gasteiger partial charge in [0.2, 0.25) is 0 Å². The van der Waals surface area contributed by atoms with Gasteiger partial charge in [0.05, 0.1) is 18.4 Å². The van der Waals surface area contributed by atoms with Crippen LogP contribution in [0.25, 0.3) is 5.57 Å². The lowest BCUT2D eigenvalue weighted by Gasteiger charge is -2.19. The lowest BCUT2D eigenvalue weighted by molar-refractivity contribution is -0.120. The van der Waals surface area contributed by atoms with Crippen LogP contribution < -0.4 is 15.0 Å². The fourth-order valence-corrected chi connectivity index (χ4v) is 3.80. The van der Waals surface area contributed by atoms with E-state index in [-0.39, 0.29) is 22.9 Å². The Kier molecular flexibility index (Phi) is 5.81. The molecule has 0 saturated heterocycles. The fraction of sp³-hybridized carbons (Fsp3) is 0.214. The molecule has 5 nitrogen and oxygen atoms in total. The number of imide groups is 1. The third-order valence-corrected chi connectivity index (χ3v) is 5.78. The molecule has 0 atom stereocenters.